The van der Waals surface area contributed by atoms with Crippen molar-refractivity contribution in [2.24, 2.45) is 5.92 Å². The number of carbonyl (C=O) groups is 4. The van der Waals surface area contributed by atoms with E-state index in [2.05, 4.69) is 10.7 Å². The van der Waals surface area contributed by atoms with Gasteiger partial charge in [0.2, 0.25) is 5.91 Å². The lowest BCUT2D eigenvalue weighted by atomic mass is 9.98. The molecule has 4 amide bonds. The first kappa shape index (κ1) is 38.3. The zero-order valence-corrected chi connectivity index (χ0v) is 28.0. The monoisotopic (exact) mass is 645 g/mol. The van der Waals surface area contributed by atoms with E-state index >= 15 is 0 Å². The van der Waals surface area contributed by atoms with Crippen molar-refractivity contribution >= 4 is 23.6 Å². The molecule has 0 saturated carbocycles. The molecule has 0 aromatic heterocycles. The average molecular weight is 646 g/mol. The number of hydrazine groups is 1. The van der Waals surface area contributed by atoms with Gasteiger partial charge in [-0.25, -0.2) is 13.8 Å². The van der Waals surface area contributed by atoms with Crippen LogP contribution in [0.4, 0.5) is 8.78 Å². The van der Waals surface area contributed by atoms with Gasteiger partial charge in [0.05, 0.1) is 12.1 Å². The standard InChI is InChI=1S/C34H49F2N5O5/c1-8-11-40(12-9-2)34(46)26-18-24(17-25(19-26)33(45)39(6)7)32(44)37-29(16-23-14-27(35)20-28(36)15-23)30(42)21-41(13-10-3)38-31(43)22(4)5/h14-15,17-20,22,29-30,42H,8-13,16,21H2,1-7H3,(H,37,44)(H,38,43). The van der Waals surface area contributed by atoms with E-state index in [1.165, 1.54) is 23.1 Å². The van der Waals surface area contributed by atoms with Crippen LogP contribution in [0, 0.1) is 17.6 Å². The number of nitrogens with one attached hydrogen (secondary N) is 2. The molecular weight excluding hydrogens is 596 g/mol. The SMILES string of the molecule is CCCN(CC(O)C(Cc1cc(F)cc(F)c1)NC(=O)c1cc(C(=O)N(C)C)cc(C(=O)N(CCC)CCC)c1)NC(=O)C(C)C. The van der Waals surface area contributed by atoms with E-state index in [1.807, 2.05) is 20.8 Å². The fraction of sp³-hybridized carbons (Fsp3) is 0.529. The maximum Gasteiger partial charge on any atom is 0.253 e. The van der Waals surface area contributed by atoms with E-state index in [1.54, 1.807) is 37.9 Å². The molecule has 12 heteroatoms. The molecule has 0 heterocycles. The van der Waals surface area contributed by atoms with Gasteiger partial charge in [0, 0.05) is 68.9 Å². The molecule has 46 heavy (non-hydrogen) atoms. The Bertz CT molecular complexity index is 1330. The molecule has 3 N–H and O–H groups in total. The van der Waals surface area contributed by atoms with E-state index < -0.39 is 35.6 Å². The summed E-state index contributed by atoms with van der Waals surface area (Å²) in [6.45, 7) is 10.6. The Hall–Kier alpha value is -3.90. The van der Waals surface area contributed by atoms with Gasteiger partial charge in [-0.3, -0.25) is 24.6 Å². The van der Waals surface area contributed by atoms with Crippen LogP contribution >= 0.6 is 0 Å². The molecule has 0 bridgehead atoms. The van der Waals surface area contributed by atoms with Gasteiger partial charge >= 0.3 is 0 Å². The van der Waals surface area contributed by atoms with Crippen LogP contribution in [0.25, 0.3) is 0 Å². The molecule has 2 aromatic rings. The Labute approximate surface area is 271 Å². The highest BCUT2D eigenvalue weighted by Gasteiger charge is 2.27. The molecule has 10 nitrogen and oxygen atoms in total. The smallest absolute Gasteiger partial charge is 0.253 e. The summed E-state index contributed by atoms with van der Waals surface area (Å²) < 4.78 is 28.2. The van der Waals surface area contributed by atoms with Crippen LogP contribution in [0.15, 0.2) is 36.4 Å². The molecule has 254 valence electrons. The summed E-state index contributed by atoms with van der Waals surface area (Å²) in [6.07, 6.45) is 0.646. The molecular formula is C34H49F2N5O5. The molecule has 0 aliphatic carbocycles. The van der Waals surface area contributed by atoms with E-state index in [9.17, 15) is 33.1 Å². The molecule has 0 radical (unpaired) electrons. The Morgan fingerprint density at radius 1 is 0.783 bits per heavy atom. The minimum atomic E-state index is -1.30. The number of nitrogens with zero attached hydrogens (tertiary/aromatic N) is 3. The van der Waals surface area contributed by atoms with Gasteiger partial charge < -0.3 is 20.2 Å². The second kappa shape index (κ2) is 18.3. The number of amides is 4. The highest BCUT2D eigenvalue weighted by molar-refractivity contribution is 6.04. The van der Waals surface area contributed by atoms with Crippen molar-refractivity contribution in [3.05, 3.63) is 70.3 Å². The summed E-state index contributed by atoms with van der Waals surface area (Å²) in [5.74, 6) is -3.64. The third-order valence-corrected chi connectivity index (χ3v) is 7.22. The normalized spacial score (nSPS) is 12.5. The predicted octanol–water partition coefficient (Wildman–Crippen LogP) is 4.03. The maximum atomic E-state index is 14.1. The average Bonchev–Trinajstić information content (AvgIpc) is 2.99. The lowest BCUT2D eigenvalue weighted by Gasteiger charge is -2.31. The first-order valence-electron chi connectivity index (χ1n) is 15.9. The Kier molecular flexibility index (Phi) is 15.2. The van der Waals surface area contributed by atoms with Crippen LogP contribution in [-0.4, -0.2) is 96.0 Å². The van der Waals surface area contributed by atoms with Gasteiger partial charge in [0.15, 0.2) is 0 Å². The molecule has 2 atom stereocenters. The van der Waals surface area contributed by atoms with Crippen molar-refractivity contribution in [3.63, 3.8) is 0 Å². The van der Waals surface area contributed by atoms with E-state index in [4.69, 9.17) is 0 Å². The number of hydrogen-bond donors (Lipinski definition) is 3. The largest absolute Gasteiger partial charge is 0.390 e. The van der Waals surface area contributed by atoms with Crippen molar-refractivity contribution in [2.75, 3.05) is 40.3 Å². The number of carbonyl (C=O) groups excluding carboxylic acids is 4. The molecule has 2 unspecified atom stereocenters. The second-order valence-corrected chi connectivity index (χ2v) is 12.0. The van der Waals surface area contributed by atoms with E-state index in [0.29, 0.717) is 26.1 Å². The quantitative estimate of drug-likeness (QED) is 0.224. The fourth-order valence-corrected chi connectivity index (χ4v) is 4.92. The fourth-order valence-electron chi connectivity index (χ4n) is 4.92. The summed E-state index contributed by atoms with van der Waals surface area (Å²) in [4.78, 5) is 55.7. The third-order valence-electron chi connectivity index (χ3n) is 7.22. The highest BCUT2D eigenvalue weighted by Crippen LogP contribution is 2.18. The number of benzene rings is 2. The summed E-state index contributed by atoms with van der Waals surface area (Å²) >= 11 is 0. The molecule has 0 aliphatic rings. The number of rotatable bonds is 17. The van der Waals surface area contributed by atoms with Gasteiger partial charge in [-0.2, -0.15) is 0 Å². The molecule has 2 rings (SSSR count). The van der Waals surface area contributed by atoms with Gasteiger partial charge in [-0.1, -0.05) is 34.6 Å². The topological polar surface area (TPSA) is 122 Å². The van der Waals surface area contributed by atoms with Crippen LogP contribution in [0.2, 0.25) is 0 Å². The molecule has 0 spiro atoms. The van der Waals surface area contributed by atoms with Crippen molar-refractivity contribution in [1.29, 1.82) is 0 Å². The van der Waals surface area contributed by atoms with Gasteiger partial charge in [0.1, 0.15) is 11.6 Å². The Morgan fingerprint density at radius 2 is 1.30 bits per heavy atom. The van der Waals surface area contributed by atoms with Crippen molar-refractivity contribution in [1.82, 2.24) is 25.6 Å². The van der Waals surface area contributed by atoms with Crippen LogP contribution in [0.1, 0.15) is 90.5 Å². The zero-order valence-electron chi connectivity index (χ0n) is 28.0. The molecule has 0 aliphatic heterocycles. The minimum Gasteiger partial charge on any atom is -0.390 e. The van der Waals surface area contributed by atoms with Crippen LogP contribution in [0.5, 0.6) is 0 Å². The lowest BCUT2D eigenvalue weighted by Crippen LogP contribution is -2.54. The second-order valence-electron chi connectivity index (χ2n) is 12.0. The van der Waals surface area contributed by atoms with Gasteiger partial charge in [-0.05, 0) is 61.6 Å². The van der Waals surface area contributed by atoms with Crippen LogP contribution < -0.4 is 10.7 Å². The Morgan fingerprint density at radius 3 is 1.80 bits per heavy atom. The van der Waals surface area contributed by atoms with Crippen molar-refractivity contribution in [2.45, 2.75) is 72.4 Å². The first-order chi connectivity index (χ1) is 21.7. The van der Waals surface area contributed by atoms with E-state index in [0.717, 1.165) is 31.0 Å². The number of halogens is 2. The summed E-state index contributed by atoms with van der Waals surface area (Å²) in [6, 6.07) is 6.11. The summed E-state index contributed by atoms with van der Waals surface area (Å²) in [5, 5.41) is 15.7. The zero-order chi connectivity index (χ0) is 34.6. The molecule has 0 fully saturated rings. The lowest BCUT2D eigenvalue weighted by molar-refractivity contribution is -0.129. The number of aliphatic hydroxyl groups excluding tert-OH is 1. The summed E-state index contributed by atoms with van der Waals surface area (Å²) in [7, 11) is 3.11. The predicted molar refractivity (Wildman–Crippen MR) is 173 cm³/mol. The van der Waals surface area contributed by atoms with E-state index in [-0.39, 0.29) is 53.0 Å². The number of hydrogen-bond acceptors (Lipinski definition) is 6. The van der Waals surface area contributed by atoms with Crippen LogP contribution in [0.3, 0.4) is 0 Å². The summed E-state index contributed by atoms with van der Waals surface area (Å²) in [5.41, 5.74) is 3.26. The van der Waals surface area contributed by atoms with Gasteiger partial charge in [0.25, 0.3) is 17.7 Å². The number of aliphatic hydroxyl groups is 1. The first-order valence-corrected chi connectivity index (χ1v) is 15.9. The third kappa shape index (κ3) is 11.5. The van der Waals surface area contributed by atoms with Crippen molar-refractivity contribution in [3.8, 4) is 0 Å². The van der Waals surface area contributed by atoms with Gasteiger partial charge in [-0.15, -0.1) is 0 Å². The molecule has 2 aromatic carbocycles. The van der Waals surface area contributed by atoms with Crippen LogP contribution in [-0.2, 0) is 11.2 Å². The Balaban J connectivity index is 2.53. The molecule has 0 saturated heterocycles. The minimum absolute atomic E-state index is 0.00476. The highest BCUT2D eigenvalue weighted by atomic mass is 19.1. The van der Waals surface area contributed by atoms with Crippen molar-refractivity contribution < 1.29 is 33.1 Å². The maximum absolute atomic E-state index is 14.1.